The Balaban J connectivity index is 1.72. The van der Waals surface area contributed by atoms with Crippen LogP contribution < -0.4 is 11.2 Å². The zero-order valence-electron chi connectivity index (χ0n) is 20.8. The van der Waals surface area contributed by atoms with E-state index >= 15 is 0 Å². The summed E-state index contributed by atoms with van der Waals surface area (Å²) in [4.78, 5) is 46.2. The molecule has 3 heterocycles. The van der Waals surface area contributed by atoms with Gasteiger partial charge in [-0.15, -0.1) is 6.42 Å². The van der Waals surface area contributed by atoms with Crippen LogP contribution in [0.15, 0.2) is 21.9 Å². The summed E-state index contributed by atoms with van der Waals surface area (Å²) in [6.07, 6.45) is -10.2. The van der Waals surface area contributed by atoms with Gasteiger partial charge in [0.05, 0.1) is 13.2 Å². The summed E-state index contributed by atoms with van der Waals surface area (Å²) in [6.45, 7) is -6.59. The van der Waals surface area contributed by atoms with E-state index in [-0.39, 0.29) is 0 Å². The molecule has 0 bridgehead atoms. The van der Waals surface area contributed by atoms with Crippen LogP contribution in [0.2, 0.25) is 0 Å². The van der Waals surface area contributed by atoms with Gasteiger partial charge in [0.2, 0.25) is 5.60 Å². The van der Waals surface area contributed by atoms with Crippen LogP contribution >= 0.6 is 14.5 Å². The Hall–Kier alpha value is -1.44. The van der Waals surface area contributed by atoms with Crippen molar-refractivity contribution in [3.05, 3.63) is 33.1 Å². The fourth-order valence-electron chi connectivity index (χ4n) is 4.07. The molecule has 0 spiro atoms. The lowest BCUT2D eigenvalue weighted by molar-refractivity contribution is -0.292. The van der Waals surface area contributed by atoms with Crippen molar-refractivity contribution < 1.29 is 72.6 Å². The molecule has 41 heavy (non-hydrogen) atoms. The Morgan fingerprint density at radius 3 is 2.44 bits per heavy atom. The van der Waals surface area contributed by atoms with Gasteiger partial charge in [0.15, 0.2) is 12.5 Å². The molecule has 12 atom stereocenters. The van der Waals surface area contributed by atoms with Crippen LogP contribution in [0.4, 0.5) is 0 Å². The molecule has 2 saturated heterocycles. The van der Waals surface area contributed by atoms with Crippen molar-refractivity contribution in [2.45, 2.75) is 60.8 Å². The summed E-state index contributed by atoms with van der Waals surface area (Å²) < 4.78 is 43.3. The lowest BCUT2D eigenvalue weighted by Crippen LogP contribution is -2.61. The number of H-pyrrole nitrogens is 1. The average Bonchev–Trinajstić information content (AvgIpc) is 3.17. The van der Waals surface area contributed by atoms with Crippen LogP contribution in [0.25, 0.3) is 0 Å². The minimum absolute atomic E-state index is 0.737. The second-order valence-electron chi connectivity index (χ2n) is 8.74. The Kier molecular flexibility index (Phi) is 10.8. The molecule has 3 rings (SSSR count). The number of hydrogen-bond donors (Lipinski definition) is 9. The fourth-order valence-corrected chi connectivity index (χ4v) is 7.17. The van der Waals surface area contributed by atoms with Gasteiger partial charge in [-0.1, -0.05) is 5.92 Å². The van der Waals surface area contributed by atoms with Gasteiger partial charge in [0, 0.05) is 19.4 Å². The number of aromatic amines is 1. The van der Waals surface area contributed by atoms with Gasteiger partial charge in [-0.3, -0.25) is 18.9 Å². The number of aliphatic hydroxyl groups excluding tert-OH is 6. The highest BCUT2D eigenvalue weighted by Gasteiger charge is 2.58. The van der Waals surface area contributed by atoms with Crippen LogP contribution in [0.5, 0.6) is 0 Å². The highest BCUT2D eigenvalue weighted by molar-refractivity contribution is 8.08. The Morgan fingerprint density at radius 2 is 1.88 bits per heavy atom. The van der Waals surface area contributed by atoms with Crippen molar-refractivity contribution in [1.82, 2.24) is 9.55 Å². The van der Waals surface area contributed by atoms with Gasteiger partial charge in [0.1, 0.15) is 42.7 Å². The van der Waals surface area contributed by atoms with Crippen LogP contribution in [-0.2, 0) is 43.9 Å². The summed E-state index contributed by atoms with van der Waals surface area (Å²) in [5.41, 5.74) is -3.74. The number of hydrogen-bond acceptors (Lipinski definition) is 16. The summed E-state index contributed by atoms with van der Waals surface area (Å²) in [7, 11) is -4.41. The Morgan fingerprint density at radius 1 is 1.22 bits per heavy atom. The van der Waals surface area contributed by atoms with E-state index < -0.39 is 99.9 Å². The first-order chi connectivity index (χ1) is 19.0. The molecule has 0 aliphatic carbocycles. The van der Waals surface area contributed by atoms with Crippen molar-refractivity contribution in [2.24, 2.45) is 0 Å². The second kappa shape index (κ2) is 13.1. The predicted octanol–water partition coefficient (Wildman–Crippen LogP) is -4.66. The van der Waals surface area contributed by atoms with E-state index in [9.17, 15) is 49.5 Å². The number of aromatic nitrogens is 2. The molecule has 0 amide bonds. The number of ether oxygens (including phenoxy) is 3. The standard InChI is InChI=1S/C19H28N2O17P2S/c1-3-19(33-2)15(28)9(35-17(19)21-5-4-10(24)20-18(21)29)7-34-40(32,41)38-39(30,31)37-16-13(27)11(25)12(26)14(36-16)8(23)6-22/h1,4-5,8-9,11-17,22-23,25-28H,6-7H2,2H3,(H,30,31)(H,32,41)(H,20,24,29)/t8-,9+,11?,12?,13?,14?,15+,16?,17+,19+,40?/m0/s1. The topological polar surface area (TPSA) is 289 Å². The van der Waals surface area contributed by atoms with Crippen LogP contribution in [0, 0.1) is 12.3 Å². The molecule has 9 N–H and O–H groups in total. The predicted molar refractivity (Wildman–Crippen MR) is 134 cm³/mol. The number of phosphoric acid groups is 1. The molecular weight excluding hydrogens is 622 g/mol. The van der Waals surface area contributed by atoms with E-state index in [1.807, 2.05) is 4.98 Å². The highest BCUT2D eigenvalue weighted by Crippen LogP contribution is 2.62. The summed E-state index contributed by atoms with van der Waals surface area (Å²) in [5, 5.41) is 59.6. The van der Waals surface area contributed by atoms with Crippen molar-refractivity contribution in [2.75, 3.05) is 20.3 Å². The quantitative estimate of drug-likeness (QED) is 0.0803. The maximum Gasteiger partial charge on any atom is 0.481 e. The summed E-state index contributed by atoms with van der Waals surface area (Å²) in [6, 6.07) is 0.970. The van der Waals surface area contributed by atoms with Crippen LogP contribution in [-0.4, -0.2) is 125 Å². The normalized spacial score (nSPS) is 37.6. The van der Waals surface area contributed by atoms with Crippen molar-refractivity contribution in [3.8, 4) is 12.3 Å². The molecular formula is C19H28N2O17P2S. The number of terminal acetylenes is 1. The smallest absolute Gasteiger partial charge is 0.394 e. The zero-order chi connectivity index (χ0) is 30.9. The first-order valence-corrected chi connectivity index (χ1v) is 15.5. The second-order valence-corrected chi connectivity index (χ2v) is 13.1. The van der Waals surface area contributed by atoms with Crippen molar-refractivity contribution >= 4 is 26.3 Å². The largest absolute Gasteiger partial charge is 0.481 e. The third-order valence-electron chi connectivity index (χ3n) is 6.15. The zero-order valence-corrected chi connectivity index (χ0v) is 23.4. The molecule has 2 fully saturated rings. The lowest BCUT2D eigenvalue weighted by Gasteiger charge is -2.41. The number of methoxy groups -OCH3 is 1. The third kappa shape index (κ3) is 7.21. The Bertz CT molecular complexity index is 1340. The highest BCUT2D eigenvalue weighted by atomic mass is 32.5. The fraction of sp³-hybridized carbons (Fsp3) is 0.684. The van der Waals surface area contributed by atoms with E-state index in [1.54, 1.807) is 0 Å². The van der Waals surface area contributed by atoms with E-state index in [4.69, 9.17) is 42.1 Å². The van der Waals surface area contributed by atoms with Gasteiger partial charge >= 0.3 is 20.2 Å². The summed E-state index contributed by atoms with van der Waals surface area (Å²) >= 11 is 4.70. The van der Waals surface area contributed by atoms with Gasteiger partial charge in [-0.05, 0) is 11.8 Å². The molecule has 19 nitrogen and oxygen atoms in total. The number of phosphoric ester groups is 1. The number of aliphatic hydroxyl groups is 6. The Labute approximate surface area is 235 Å². The summed E-state index contributed by atoms with van der Waals surface area (Å²) in [5.74, 6) is 2.18. The molecule has 1 aromatic rings. The van der Waals surface area contributed by atoms with Crippen molar-refractivity contribution in [1.29, 1.82) is 0 Å². The number of nitrogens with one attached hydrogen (secondary N) is 1. The maximum atomic E-state index is 12.5. The molecule has 7 unspecified atom stereocenters. The van der Waals surface area contributed by atoms with Crippen LogP contribution in [0.1, 0.15) is 6.23 Å². The lowest BCUT2D eigenvalue weighted by atomic mass is 9.94. The number of nitrogens with zero attached hydrogens (tertiary/aromatic N) is 1. The van der Waals surface area contributed by atoms with E-state index in [1.165, 1.54) is 0 Å². The van der Waals surface area contributed by atoms with E-state index in [0.29, 0.717) is 0 Å². The molecule has 0 saturated carbocycles. The molecule has 232 valence electrons. The van der Waals surface area contributed by atoms with Gasteiger partial charge in [0.25, 0.3) is 5.56 Å². The average molecular weight is 650 g/mol. The molecule has 2 aliphatic rings. The minimum atomic E-state index is -5.51. The van der Waals surface area contributed by atoms with E-state index in [0.717, 1.165) is 23.9 Å². The SMILES string of the molecule is C#C[C@@]1(OC)[C@H](O)[C@@H](COP(O)(=S)OP(=O)(O)OC2OC([C@@H](O)CO)C(O)C(O)C2O)O[C@H]1n1ccc(=O)[nH]c1=O. The van der Waals surface area contributed by atoms with Crippen molar-refractivity contribution in [3.63, 3.8) is 0 Å². The molecule has 0 radical (unpaired) electrons. The molecule has 0 aromatic carbocycles. The van der Waals surface area contributed by atoms with Gasteiger partial charge in [-0.2, -0.15) is 0 Å². The third-order valence-corrected chi connectivity index (χ3v) is 9.66. The molecule has 2 aliphatic heterocycles. The minimum Gasteiger partial charge on any atom is -0.394 e. The van der Waals surface area contributed by atoms with E-state index in [2.05, 4.69) is 14.8 Å². The first-order valence-electron chi connectivity index (χ1n) is 11.4. The maximum absolute atomic E-state index is 12.5. The van der Waals surface area contributed by atoms with Gasteiger partial charge < -0.3 is 59.2 Å². The molecule has 1 aromatic heterocycles. The van der Waals surface area contributed by atoms with Crippen LogP contribution in [0.3, 0.4) is 0 Å². The number of rotatable bonds is 11. The first kappa shape index (κ1) is 34.1. The monoisotopic (exact) mass is 650 g/mol. The van der Waals surface area contributed by atoms with Gasteiger partial charge in [-0.25, -0.2) is 13.7 Å². The molecule has 22 heteroatoms.